The predicted molar refractivity (Wildman–Crippen MR) is 151 cm³/mol. The molecular formula is C30H60O6. The monoisotopic (exact) mass is 516 g/mol. The quantitative estimate of drug-likeness (QED) is 0.276. The molecule has 0 aromatic carbocycles. The Morgan fingerprint density at radius 1 is 0.611 bits per heavy atom. The summed E-state index contributed by atoms with van der Waals surface area (Å²) >= 11 is 0. The molecule has 0 spiro atoms. The second-order valence-corrected chi connectivity index (χ2v) is 11.7. The number of ether oxygens (including phenoxy) is 2. The maximum atomic E-state index is 11.3. The van der Waals surface area contributed by atoms with Gasteiger partial charge in [-0.2, -0.15) is 0 Å². The molecule has 0 aromatic heterocycles. The van der Waals surface area contributed by atoms with Gasteiger partial charge in [-0.1, -0.05) is 69.2 Å². The van der Waals surface area contributed by atoms with E-state index in [1.807, 2.05) is 83.1 Å². The Morgan fingerprint density at radius 2 is 0.972 bits per heavy atom. The maximum absolute atomic E-state index is 11.3. The lowest BCUT2D eigenvalue weighted by Crippen LogP contribution is -2.31. The van der Waals surface area contributed by atoms with Crippen LogP contribution in [0.2, 0.25) is 0 Å². The molecule has 36 heavy (non-hydrogen) atoms. The highest BCUT2D eigenvalue weighted by Gasteiger charge is 2.32. The number of hydrogen-bond acceptors (Lipinski definition) is 6. The molecular weight excluding hydrogens is 456 g/mol. The molecule has 0 atom stereocenters. The molecule has 216 valence electrons. The van der Waals surface area contributed by atoms with Gasteiger partial charge >= 0.3 is 11.9 Å². The Labute approximate surface area is 223 Å². The van der Waals surface area contributed by atoms with E-state index in [1.54, 1.807) is 13.8 Å². The van der Waals surface area contributed by atoms with Crippen molar-refractivity contribution in [2.75, 3.05) is 13.2 Å². The van der Waals surface area contributed by atoms with E-state index in [9.17, 15) is 19.2 Å². The van der Waals surface area contributed by atoms with Crippen molar-refractivity contribution in [3.63, 3.8) is 0 Å². The van der Waals surface area contributed by atoms with Crippen LogP contribution >= 0.6 is 0 Å². The first-order valence-corrected chi connectivity index (χ1v) is 13.4. The minimum absolute atomic E-state index is 0.0903. The normalized spacial score (nSPS) is 11.0. The highest BCUT2D eigenvalue weighted by Crippen LogP contribution is 2.27. The smallest absolute Gasteiger partial charge is 0.311 e. The number of rotatable bonds is 10. The Kier molecular flexibility index (Phi) is 24.6. The van der Waals surface area contributed by atoms with Crippen LogP contribution in [0.5, 0.6) is 0 Å². The van der Waals surface area contributed by atoms with Crippen molar-refractivity contribution < 1.29 is 28.7 Å². The van der Waals surface area contributed by atoms with Gasteiger partial charge in [0.25, 0.3) is 0 Å². The third kappa shape index (κ3) is 24.0. The van der Waals surface area contributed by atoms with Crippen molar-refractivity contribution in [3.05, 3.63) is 0 Å². The number of carbonyl (C=O) groups excluding carboxylic acids is 4. The highest BCUT2D eigenvalue weighted by molar-refractivity contribution is 5.81. The van der Waals surface area contributed by atoms with Gasteiger partial charge in [-0.05, 0) is 65.2 Å². The van der Waals surface area contributed by atoms with Crippen LogP contribution in [-0.4, -0.2) is 36.7 Å². The first kappa shape index (κ1) is 41.4. The van der Waals surface area contributed by atoms with Gasteiger partial charge < -0.3 is 14.3 Å². The summed E-state index contributed by atoms with van der Waals surface area (Å²) in [5.74, 6) is 2.06. The standard InChI is InChI=1S/C9H18O2.C8H16O.C7H14O2.C6H12O/c1-6-11-8(10)9(4,5)7(2)3;1-6(2)8(4,5)7(3)9;1-4-9-7(8)5-6(2)3;1-5(2)4-6(3)7/h7H,6H2,1-5H3;6H,1-5H3;6H,4-5H2,1-3H3;5H,4H2,1-3H3. The van der Waals surface area contributed by atoms with E-state index in [0.717, 1.165) is 6.42 Å². The first-order chi connectivity index (χ1) is 16.1. The van der Waals surface area contributed by atoms with Gasteiger partial charge in [0, 0.05) is 18.3 Å². The average molecular weight is 517 g/mol. The van der Waals surface area contributed by atoms with Crippen LogP contribution in [0.15, 0.2) is 0 Å². The van der Waals surface area contributed by atoms with Crippen LogP contribution in [0.4, 0.5) is 0 Å². The molecule has 0 bridgehead atoms. The van der Waals surface area contributed by atoms with Crippen molar-refractivity contribution in [3.8, 4) is 0 Å². The Bertz CT molecular complexity index is 613. The molecule has 0 aliphatic carbocycles. The van der Waals surface area contributed by atoms with E-state index >= 15 is 0 Å². The lowest BCUT2D eigenvalue weighted by atomic mass is 9.78. The van der Waals surface area contributed by atoms with Crippen molar-refractivity contribution in [2.24, 2.45) is 34.5 Å². The summed E-state index contributed by atoms with van der Waals surface area (Å²) in [6.45, 7) is 32.0. The van der Waals surface area contributed by atoms with Crippen LogP contribution in [0.3, 0.4) is 0 Å². The van der Waals surface area contributed by atoms with E-state index in [1.165, 1.54) is 0 Å². The molecule has 0 aliphatic heterocycles. The molecule has 0 aromatic rings. The fraction of sp³-hybridized carbons (Fsp3) is 0.867. The molecule has 0 saturated heterocycles. The van der Waals surface area contributed by atoms with E-state index in [4.69, 9.17) is 9.47 Å². The number of esters is 2. The van der Waals surface area contributed by atoms with Crippen LogP contribution in [-0.2, 0) is 28.7 Å². The largest absolute Gasteiger partial charge is 0.466 e. The molecule has 0 amide bonds. The zero-order chi connectivity index (χ0) is 29.9. The van der Waals surface area contributed by atoms with Gasteiger partial charge in [-0.3, -0.25) is 14.4 Å². The van der Waals surface area contributed by atoms with Crippen molar-refractivity contribution >= 4 is 23.5 Å². The fourth-order valence-electron chi connectivity index (χ4n) is 2.09. The number of carbonyl (C=O) groups is 4. The lowest BCUT2D eigenvalue weighted by molar-refractivity contribution is -0.156. The zero-order valence-corrected chi connectivity index (χ0v) is 26.6. The van der Waals surface area contributed by atoms with Gasteiger partial charge in [-0.15, -0.1) is 0 Å². The molecule has 6 heteroatoms. The Morgan fingerprint density at radius 3 is 1.14 bits per heavy atom. The first-order valence-electron chi connectivity index (χ1n) is 13.4. The zero-order valence-electron chi connectivity index (χ0n) is 26.6. The van der Waals surface area contributed by atoms with Gasteiger partial charge in [0.2, 0.25) is 0 Å². The van der Waals surface area contributed by atoms with Crippen LogP contribution in [0.25, 0.3) is 0 Å². The van der Waals surface area contributed by atoms with Crippen molar-refractivity contribution in [1.29, 1.82) is 0 Å². The maximum Gasteiger partial charge on any atom is 0.311 e. The molecule has 0 aliphatic rings. The number of ketones is 2. The van der Waals surface area contributed by atoms with Gasteiger partial charge in [0.05, 0.1) is 18.6 Å². The molecule has 6 nitrogen and oxygen atoms in total. The Hall–Kier alpha value is -1.72. The lowest BCUT2D eigenvalue weighted by Gasteiger charge is -2.26. The van der Waals surface area contributed by atoms with Crippen LogP contribution in [0.1, 0.15) is 124 Å². The van der Waals surface area contributed by atoms with Gasteiger partial charge in [-0.25, -0.2) is 0 Å². The second-order valence-electron chi connectivity index (χ2n) is 11.7. The average Bonchev–Trinajstić information content (AvgIpc) is 2.67. The third-order valence-electron chi connectivity index (χ3n) is 6.17. The highest BCUT2D eigenvalue weighted by atomic mass is 16.5. The van der Waals surface area contributed by atoms with Gasteiger partial charge in [0.15, 0.2) is 0 Å². The summed E-state index contributed by atoms with van der Waals surface area (Å²) in [7, 11) is 0. The SMILES string of the molecule is CC(=O)C(C)(C)C(C)C.CC(=O)CC(C)C.CCOC(=O)C(C)(C)C(C)C.CCOC(=O)CC(C)C. The summed E-state index contributed by atoms with van der Waals surface area (Å²) in [5.41, 5.74) is -0.490. The molecule has 0 N–H and O–H groups in total. The molecule has 0 radical (unpaired) electrons. The van der Waals surface area contributed by atoms with Crippen LogP contribution in [0, 0.1) is 34.5 Å². The summed E-state index contributed by atoms with van der Waals surface area (Å²) in [6, 6.07) is 0. The molecule has 0 fully saturated rings. The fourth-order valence-corrected chi connectivity index (χ4v) is 2.09. The van der Waals surface area contributed by atoms with E-state index < -0.39 is 0 Å². The van der Waals surface area contributed by atoms with Crippen LogP contribution < -0.4 is 0 Å². The summed E-state index contributed by atoms with van der Waals surface area (Å²) in [5, 5.41) is 0. The summed E-state index contributed by atoms with van der Waals surface area (Å²) in [4.78, 5) is 43.1. The Balaban J connectivity index is -0.000000192. The predicted octanol–water partition coefficient (Wildman–Crippen LogP) is 7.71. The summed E-state index contributed by atoms with van der Waals surface area (Å²) < 4.78 is 9.64. The molecule has 0 rings (SSSR count). The molecule has 0 unspecified atom stereocenters. The minimum atomic E-state index is -0.351. The van der Waals surface area contributed by atoms with E-state index in [-0.39, 0.29) is 34.3 Å². The number of hydrogen-bond donors (Lipinski definition) is 0. The van der Waals surface area contributed by atoms with E-state index in [2.05, 4.69) is 13.8 Å². The topological polar surface area (TPSA) is 86.7 Å². The minimum Gasteiger partial charge on any atom is -0.466 e. The molecule has 0 saturated carbocycles. The molecule has 0 heterocycles. The van der Waals surface area contributed by atoms with Crippen molar-refractivity contribution in [1.82, 2.24) is 0 Å². The summed E-state index contributed by atoms with van der Waals surface area (Å²) in [6.07, 6.45) is 1.26. The van der Waals surface area contributed by atoms with E-state index in [0.29, 0.717) is 43.3 Å². The van der Waals surface area contributed by atoms with Crippen molar-refractivity contribution in [2.45, 2.75) is 124 Å². The van der Waals surface area contributed by atoms with Gasteiger partial charge in [0.1, 0.15) is 11.6 Å². The number of Topliss-reactive ketones (excluding diaryl/α,β-unsaturated/α-hetero) is 2. The second kappa shape index (κ2) is 21.4. The third-order valence-corrected chi connectivity index (χ3v) is 6.17.